The minimum atomic E-state index is -0.306. The van der Waals surface area contributed by atoms with E-state index in [1.807, 2.05) is 4.90 Å². The lowest BCUT2D eigenvalue weighted by Crippen LogP contribution is -2.41. The molecule has 0 radical (unpaired) electrons. The van der Waals surface area contributed by atoms with Crippen LogP contribution in [0.1, 0.15) is 53.4 Å². The third kappa shape index (κ3) is 5.64. The van der Waals surface area contributed by atoms with E-state index in [-0.39, 0.29) is 23.2 Å². The molecule has 5 nitrogen and oxygen atoms in total. The van der Waals surface area contributed by atoms with Gasteiger partial charge in [-0.3, -0.25) is 4.79 Å². The summed E-state index contributed by atoms with van der Waals surface area (Å²) < 4.78 is 18.3. The Balaban J connectivity index is 2.04. The van der Waals surface area contributed by atoms with Gasteiger partial charge in [0.05, 0.1) is 0 Å². The maximum Gasteiger partial charge on any atom is 0.228 e. The van der Waals surface area contributed by atoms with Crippen LogP contribution in [0.15, 0.2) is 28.8 Å². The van der Waals surface area contributed by atoms with E-state index in [0.717, 1.165) is 6.42 Å². The standard InChI is InChI=1S/C20H28FN3O2/c1-6-14(2)24(18(25)13-20(3,4)5)12-11-17-22-19(23-26-17)15-7-9-16(21)10-8-15/h7-10,14H,6,11-13H2,1-5H3/t14-/m0/s1. The SMILES string of the molecule is CC[C@H](C)N(CCc1nc(-c2ccc(F)cc2)no1)C(=O)CC(C)(C)C. The molecule has 0 N–H and O–H groups in total. The Bertz CT molecular complexity index is 719. The van der Waals surface area contributed by atoms with Gasteiger partial charge >= 0.3 is 0 Å². The molecule has 0 spiro atoms. The number of aromatic nitrogens is 2. The third-order valence-electron chi connectivity index (χ3n) is 4.26. The molecule has 0 saturated carbocycles. The van der Waals surface area contributed by atoms with Crippen LogP contribution in [-0.4, -0.2) is 33.5 Å². The van der Waals surface area contributed by atoms with Crippen LogP contribution in [0.25, 0.3) is 11.4 Å². The minimum absolute atomic E-state index is 0.0525. The van der Waals surface area contributed by atoms with Crippen LogP contribution >= 0.6 is 0 Å². The Morgan fingerprint density at radius 1 is 1.27 bits per heavy atom. The second-order valence-electron chi connectivity index (χ2n) is 7.85. The Hall–Kier alpha value is -2.24. The van der Waals surface area contributed by atoms with Gasteiger partial charge in [-0.1, -0.05) is 32.9 Å². The zero-order valence-electron chi connectivity index (χ0n) is 16.3. The van der Waals surface area contributed by atoms with E-state index < -0.39 is 0 Å². The van der Waals surface area contributed by atoms with Crippen molar-refractivity contribution in [3.05, 3.63) is 36.0 Å². The molecule has 0 aliphatic rings. The molecule has 1 atom stereocenters. The van der Waals surface area contributed by atoms with Crippen molar-refractivity contribution in [1.82, 2.24) is 15.0 Å². The predicted molar refractivity (Wildman–Crippen MR) is 98.9 cm³/mol. The summed E-state index contributed by atoms with van der Waals surface area (Å²) in [5.41, 5.74) is 0.646. The highest BCUT2D eigenvalue weighted by atomic mass is 19.1. The zero-order chi connectivity index (χ0) is 19.3. The van der Waals surface area contributed by atoms with Crippen molar-refractivity contribution in [3.8, 4) is 11.4 Å². The molecule has 2 aromatic rings. The van der Waals surface area contributed by atoms with Crippen molar-refractivity contribution in [2.24, 2.45) is 5.41 Å². The van der Waals surface area contributed by atoms with E-state index >= 15 is 0 Å². The lowest BCUT2D eigenvalue weighted by Gasteiger charge is -2.31. The monoisotopic (exact) mass is 361 g/mol. The number of carbonyl (C=O) groups is 1. The number of halogens is 1. The molecule has 0 bridgehead atoms. The predicted octanol–water partition coefficient (Wildman–Crippen LogP) is 4.48. The zero-order valence-corrected chi connectivity index (χ0v) is 16.3. The minimum Gasteiger partial charge on any atom is -0.339 e. The lowest BCUT2D eigenvalue weighted by molar-refractivity contribution is -0.135. The van der Waals surface area contributed by atoms with Crippen molar-refractivity contribution in [2.45, 2.75) is 59.9 Å². The van der Waals surface area contributed by atoms with Crippen LogP contribution in [0.2, 0.25) is 0 Å². The maximum atomic E-state index is 13.0. The van der Waals surface area contributed by atoms with Crippen molar-refractivity contribution >= 4 is 5.91 Å². The highest BCUT2D eigenvalue weighted by Crippen LogP contribution is 2.22. The topological polar surface area (TPSA) is 59.2 Å². The van der Waals surface area contributed by atoms with E-state index in [9.17, 15) is 9.18 Å². The van der Waals surface area contributed by atoms with Crippen LogP contribution in [-0.2, 0) is 11.2 Å². The molecule has 26 heavy (non-hydrogen) atoms. The number of benzene rings is 1. The maximum absolute atomic E-state index is 13.0. The van der Waals surface area contributed by atoms with Crippen molar-refractivity contribution in [2.75, 3.05) is 6.54 Å². The molecule has 0 aliphatic carbocycles. The first-order valence-electron chi connectivity index (χ1n) is 9.07. The quantitative estimate of drug-likeness (QED) is 0.729. The summed E-state index contributed by atoms with van der Waals surface area (Å²) in [4.78, 5) is 18.9. The van der Waals surface area contributed by atoms with Crippen molar-refractivity contribution in [1.29, 1.82) is 0 Å². The van der Waals surface area contributed by atoms with Crippen LogP contribution in [0.4, 0.5) is 4.39 Å². The highest BCUT2D eigenvalue weighted by molar-refractivity contribution is 5.77. The van der Waals surface area contributed by atoms with E-state index in [1.54, 1.807) is 12.1 Å². The summed E-state index contributed by atoms with van der Waals surface area (Å²) in [6.45, 7) is 10.8. The van der Waals surface area contributed by atoms with Gasteiger partial charge in [-0.15, -0.1) is 0 Å². The normalized spacial score (nSPS) is 12.8. The average Bonchev–Trinajstić information content (AvgIpc) is 3.02. The Morgan fingerprint density at radius 2 is 1.92 bits per heavy atom. The molecule has 0 aliphatic heterocycles. The highest BCUT2D eigenvalue weighted by Gasteiger charge is 2.24. The number of hydrogen-bond donors (Lipinski definition) is 0. The summed E-state index contributed by atoms with van der Waals surface area (Å²) in [5.74, 6) is 0.737. The van der Waals surface area contributed by atoms with Crippen molar-refractivity contribution in [3.63, 3.8) is 0 Å². The van der Waals surface area contributed by atoms with Crippen molar-refractivity contribution < 1.29 is 13.7 Å². The Kier molecular flexibility index (Phi) is 6.51. The van der Waals surface area contributed by atoms with Gasteiger partial charge in [0.2, 0.25) is 17.6 Å². The second-order valence-corrected chi connectivity index (χ2v) is 7.85. The summed E-state index contributed by atoms with van der Waals surface area (Å²) in [7, 11) is 0. The van der Waals surface area contributed by atoms with Crippen LogP contribution in [0, 0.1) is 11.2 Å². The van der Waals surface area contributed by atoms with E-state index in [0.29, 0.717) is 36.7 Å². The van der Waals surface area contributed by atoms with Gasteiger partial charge in [0.15, 0.2) is 0 Å². The first-order chi connectivity index (χ1) is 12.2. The fourth-order valence-corrected chi connectivity index (χ4v) is 2.66. The summed E-state index contributed by atoms with van der Waals surface area (Å²) >= 11 is 0. The smallest absolute Gasteiger partial charge is 0.228 e. The molecule has 1 aromatic heterocycles. The largest absolute Gasteiger partial charge is 0.339 e. The van der Waals surface area contributed by atoms with Crippen LogP contribution < -0.4 is 0 Å². The molecule has 6 heteroatoms. The van der Waals surface area contributed by atoms with Gasteiger partial charge in [-0.05, 0) is 43.0 Å². The molecule has 2 rings (SSSR count). The van der Waals surface area contributed by atoms with Crippen LogP contribution in [0.3, 0.4) is 0 Å². The third-order valence-corrected chi connectivity index (χ3v) is 4.26. The van der Waals surface area contributed by atoms with E-state index in [1.165, 1.54) is 12.1 Å². The number of amides is 1. The number of carbonyl (C=O) groups excluding carboxylic acids is 1. The van der Waals surface area contributed by atoms with Crippen LogP contribution in [0.5, 0.6) is 0 Å². The summed E-state index contributed by atoms with van der Waals surface area (Å²) in [6, 6.07) is 6.11. The first-order valence-corrected chi connectivity index (χ1v) is 9.07. The molecule has 0 fully saturated rings. The van der Waals surface area contributed by atoms with Gasteiger partial charge < -0.3 is 9.42 Å². The average molecular weight is 361 g/mol. The van der Waals surface area contributed by atoms with Gasteiger partial charge in [0.25, 0.3) is 0 Å². The number of hydrogen-bond acceptors (Lipinski definition) is 4. The van der Waals surface area contributed by atoms with Gasteiger partial charge in [0, 0.05) is 31.0 Å². The molecule has 142 valence electrons. The fraction of sp³-hybridized carbons (Fsp3) is 0.550. The summed E-state index contributed by atoms with van der Waals surface area (Å²) in [5, 5.41) is 3.95. The Morgan fingerprint density at radius 3 is 2.50 bits per heavy atom. The van der Waals surface area contributed by atoms with Gasteiger partial charge in [0.1, 0.15) is 5.82 Å². The fourth-order valence-electron chi connectivity index (χ4n) is 2.66. The van der Waals surface area contributed by atoms with Gasteiger partial charge in [-0.2, -0.15) is 4.98 Å². The van der Waals surface area contributed by atoms with Gasteiger partial charge in [-0.25, -0.2) is 4.39 Å². The lowest BCUT2D eigenvalue weighted by atomic mass is 9.91. The molecule has 0 saturated heterocycles. The first kappa shape index (κ1) is 20.1. The molecule has 1 amide bonds. The van der Waals surface area contributed by atoms with E-state index in [2.05, 4.69) is 44.8 Å². The molecule has 1 heterocycles. The number of rotatable bonds is 7. The second kappa shape index (κ2) is 8.43. The summed E-state index contributed by atoms with van der Waals surface area (Å²) in [6.07, 6.45) is 1.89. The molecule has 1 aromatic carbocycles. The Labute approximate surface area is 154 Å². The molecule has 0 unspecified atom stereocenters. The van der Waals surface area contributed by atoms with E-state index in [4.69, 9.17) is 4.52 Å². The molecular formula is C20H28FN3O2. The number of nitrogens with zero attached hydrogens (tertiary/aromatic N) is 3. The molecular weight excluding hydrogens is 333 g/mol.